The quantitative estimate of drug-likeness (QED) is 0.852. The zero-order chi connectivity index (χ0) is 16.8. The molecule has 0 aliphatic carbocycles. The van der Waals surface area contributed by atoms with E-state index in [1.165, 1.54) is 11.3 Å². The molecular weight excluding hydrogens is 312 g/mol. The van der Waals surface area contributed by atoms with Crippen molar-refractivity contribution in [2.24, 2.45) is 0 Å². The molecule has 2 aromatic rings. The number of hydrogen-bond acceptors (Lipinski definition) is 5. The molecular formula is C16H20N4O2S. The van der Waals surface area contributed by atoms with Crippen molar-refractivity contribution in [1.82, 2.24) is 15.5 Å². The Morgan fingerprint density at radius 3 is 2.78 bits per heavy atom. The van der Waals surface area contributed by atoms with Gasteiger partial charge in [-0.3, -0.25) is 14.9 Å². The summed E-state index contributed by atoms with van der Waals surface area (Å²) in [5, 5.41) is 14.6. The molecule has 0 radical (unpaired) electrons. The fraction of sp³-hybridized carbons (Fsp3) is 0.375. The van der Waals surface area contributed by atoms with E-state index >= 15 is 0 Å². The molecule has 2 amide bonds. The van der Waals surface area contributed by atoms with Gasteiger partial charge in [0.1, 0.15) is 11.0 Å². The van der Waals surface area contributed by atoms with E-state index in [2.05, 4.69) is 20.8 Å². The van der Waals surface area contributed by atoms with Crippen molar-refractivity contribution in [3.8, 4) is 10.6 Å². The molecule has 6 nitrogen and oxygen atoms in total. The summed E-state index contributed by atoms with van der Waals surface area (Å²) in [5.41, 5.74) is 2.10. The molecule has 0 fully saturated rings. The van der Waals surface area contributed by atoms with Gasteiger partial charge in [0.05, 0.1) is 0 Å². The maximum atomic E-state index is 12.1. The lowest BCUT2D eigenvalue weighted by Gasteiger charge is -2.12. The fourth-order valence-electron chi connectivity index (χ4n) is 1.99. The van der Waals surface area contributed by atoms with Crippen LogP contribution in [0.5, 0.6) is 0 Å². The minimum Gasteiger partial charge on any atom is -0.345 e. The van der Waals surface area contributed by atoms with Gasteiger partial charge in [0.15, 0.2) is 0 Å². The van der Waals surface area contributed by atoms with Gasteiger partial charge < -0.3 is 5.32 Å². The molecule has 0 bridgehead atoms. The topological polar surface area (TPSA) is 84.0 Å². The monoisotopic (exact) mass is 332 g/mol. The van der Waals surface area contributed by atoms with E-state index in [1.807, 2.05) is 38.1 Å². The average molecular weight is 332 g/mol. The summed E-state index contributed by atoms with van der Waals surface area (Å²) in [4.78, 5) is 23.6. The average Bonchev–Trinajstić information content (AvgIpc) is 2.96. The van der Waals surface area contributed by atoms with Crippen molar-refractivity contribution < 1.29 is 9.59 Å². The first-order valence-electron chi connectivity index (χ1n) is 7.50. The van der Waals surface area contributed by atoms with Crippen molar-refractivity contribution >= 4 is 28.3 Å². The predicted molar refractivity (Wildman–Crippen MR) is 91.2 cm³/mol. The largest absolute Gasteiger partial charge is 0.345 e. The standard InChI is InChI=1S/C16H20N4O2S/c1-4-6-13(21)17-11(3)14(22)18-16-20-19-15(23-16)12-8-5-7-10(2)9-12/h5,7-9,11H,4,6H2,1-3H3,(H,17,21)(H,18,20,22). The third kappa shape index (κ3) is 4.85. The number of carbonyl (C=O) groups excluding carboxylic acids is 2. The van der Waals surface area contributed by atoms with Crippen LogP contribution in [0.15, 0.2) is 24.3 Å². The van der Waals surface area contributed by atoms with Gasteiger partial charge in [0, 0.05) is 12.0 Å². The van der Waals surface area contributed by atoms with Gasteiger partial charge in [-0.05, 0) is 26.3 Å². The first-order chi connectivity index (χ1) is 11.0. The Morgan fingerprint density at radius 2 is 2.09 bits per heavy atom. The molecule has 7 heteroatoms. The van der Waals surface area contributed by atoms with Crippen LogP contribution >= 0.6 is 11.3 Å². The predicted octanol–water partition coefficient (Wildman–Crippen LogP) is 2.76. The lowest BCUT2D eigenvalue weighted by molar-refractivity contribution is -0.126. The van der Waals surface area contributed by atoms with Crippen LogP contribution in [0.3, 0.4) is 0 Å². The normalized spacial score (nSPS) is 11.8. The third-order valence-electron chi connectivity index (χ3n) is 3.17. The zero-order valence-corrected chi connectivity index (χ0v) is 14.2. The Labute approximate surface area is 139 Å². The Morgan fingerprint density at radius 1 is 1.30 bits per heavy atom. The molecule has 1 unspecified atom stereocenters. The number of rotatable bonds is 6. The van der Waals surface area contributed by atoms with E-state index in [4.69, 9.17) is 0 Å². The Kier molecular flexibility index (Phi) is 5.81. The summed E-state index contributed by atoms with van der Waals surface area (Å²) in [5.74, 6) is -0.436. The van der Waals surface area contributed by atoms with Gasteiger partial charge in [-0.1, -0.05) is 42.0 Å². The number of nitrogens with zero attached hydrogens (tertiary/aromatic N) is 2. The SMILES string of the molecule is CCCC(=O)NC(C)C(=O)Nc1nnc(-c2cccc(C)c2)s1. The lowest BCUT2D eigenvalue weighted by atomic mass is 10.1. The summed E-state index contributed by atoms with van der Waals surface area (Å²) in [6, 6.07) is 7.32. The summed E-state index contributed by atoms with van der Waals surface area (Å²) in [6.45, 7) is 5.57. The van der Waals surface area contributed by atoms with Gasteiger partial charge in [0.2, 0.25) is 16.9 Å². The molecule has 0 saturated heterocycles. The molecule has 0 spiro atoms. The number of aromatic nitrogens is 2. The van der Waals surface area contributed by atoms with Crippen LogP contribution in [0.25, 0.3) is 10.6 Å². The minimum absolute atomic E-state index is 0.132. The van der Waals surface area contributed by atoms with E-state index in [0.717, 1.165) is 22.6 Å². The number of benzene rings is 1. The Hall–Kier alpha value is -2.28. The number of aryl methyl sites for hydroxylation is 1. The van der Waals surface area contributed by atoms with Crippen LogP contribution in [0.4, 0.5) is 5.13 Å². The fourth-order valence-corrected chi connectivity index (χ4v) is 2.73. The second-order valence-corrected chi connectivity index (χ2v) is 6.29. The van der Waals surface area contributed by atoms with Crippen molar-refractivity contribution in [3.63, 3.8) is 0 Å². The highest BCUT2D eigenvalue weighted by molar-refractivity contribution is 7.18. The zero-order valence-electron chi connectivity index (χ0n) is 13.4. The number of hydrogen-bond donors (Lipinski definition) is 2. The van der Waals surface area contributed by atoms with Crippen molar-refractivity contribution in [2.75, 3.05) is 5.32 Å². The molecule has 0 saturated carbocycles. The van der Waals surface area contributed by atoms with E-state index in [-0.39, 0.29) is 11.8 Å². The van der Waals surface area contributed by atoms with Crippen LogP contribution < -0.4 is 10.6 Å². The van der Waals surface area contributed by atoms with Gasteiger partial charge in [-0.2, -0.15) is 0 Å². The Balaban J connectivity index is 1.98. The smallest absolute Gasteiger partial charge is 0.248 e. The minimum atomic E-state index is -0.611. The molecule has 2 N–H and O–H groups in total. The maximum Gasteiger partial charge on any atom is 0.248 e. The highest BCUT2D eigenvalue weighted by Crippen LogP contribution is 2.26. The number of amides is 2. The highest BCUT2D eigenvalue weighted by Gasteiger charge is 2.17. The third-order valence-corrected chi connectivity index (χ3v) is 4.06. The second-order valence-electron chi connectivity index (χ2n) is 5.31. The molecule has 2 rings (SSSR count). The number of carbonyl (C=O) groups is 2. The van der Waals surface area contributed by atoms with E-state index in [9.17, 15) is 9.59 Å². The van der Waals surface area contributed by atoms with E-state index < -0.39 is 6.04 Å². The van der Waals surface area contributed by atoms with Crippen LogP contribution in [0.1, 0.15) is 32.3 Å². The lowest BCUT2D eigenvalue weighted by Crippen LogP contribution is -2.41. The molecule has 1 aromatic carbocycles. The van der Waals surface area contributed by atoms with E-state index in [1.54, 1.807) is 6.92 Å². The first-order valence-corrected chi connectivity index (χ1v) is 8.32. The van der Waals surface area contributed by atoms with Crippen molar-refractivity contribution in [3.05, 3.63) is 29.8 Å². The van der Waals surface area contributed by atoms with Crippen LogP contribution in [-0.4, -0.2) is 28.1 Å². The van der Waals surface area contributed by atoms with Crippen molar-refractivity contribution in [1.29, 1.82) is 0 Å². The maximum absolute atomic E-state index is 12.1. The van der Waals surface area contributed by atoms with Crippen LogP contribution in [-0.2, 0) is 9.59 Å². The summed E-state index contributed by atoms with van der Waals surface area (Å²) in [6.07, 6.45) is 1.16. The molecule has 23 heavy (non-hydrogen) atoms. The summed E-state index contributed by atoms with van der Waals surface area (Å²) >= 11 is 1.30. The Bertz CT molecular complexity index is 699. The van der Waals surface area contributed by atoms with E-state index in [0.29, 0.717) is 11.6 Å². The molecule has 1 aromatic heterocycles. The summed E-state index contributed by atoms with van der Waals surface area (Å²) in [7, 11) is 0. The van der Waals surface area contributed by atoms with Gasteiger partial charge in [-0.25, -0.2) is 0 Å². The summed E-state index contributed by atoms with van der Waals surface area (Å²) < 4.78 is 0. The van der Waals surface area contributed by atoms with Gasteiger partial charge >= 0.3 is 0 Å². The second kappa shape index (κ2) is 7.82. The van der Waals surface area contributed by atoms with Gasteiger partial charge in [-0.15, -0.1) is 10.2 Å². The molecule has 1 heterocycles. The van der Waals surface area contributed by atoms with Crippen LogP contribution in [0, 0.1) is 6.92 Å². The first kappa shape index (κ1) is 17.1. The molecule has 0 aliphatic rings. The van der Waals surface area contributed by atoms with Gasteiger partial charge in [0.25, 0.3) is 0 Å². The molecule has 122 valence electrons. The van der Waals surface area contributed by atoms with Crippen LogP contribution in [0.2, 0.25) is 0 Å². The number of nitrogens with one attached hydrogen (secondary N) is 2. The molecule has 0 aliphatic heterocycles. The molecule has 1 atom stereocenters. The number of anilines is 1. The highest BCUT2D eigenvalue weighted by atomic mass is 32.1. The van der Waals surface area contributed by atoms with Crippen molar-refractivity contribution in [2.45, 2.75) is 39.7 Å².